The first-order valence-corrected chi connectivity index (χ1v) is 7.50. The summed E-state index contributed by atoms with van der Waals surface area (Å²) < 4.78 is 0. The molecule has 6 heteroatoms. The fourth-order valence-corrected chi connectivity index (χ4v) is 2.51. The zero-order valence-corrected chi connectivity index (χ0v) is 12.8. The van der Waals surface area contributed by atoms with Crippen LogP contribution in [-0.4, -0.2) is 38.0 Å². The fraction of sp³-hybridized carbons (Fsp3) is 0.467. The molecule has 114 valence electrons. The van der Waals surface area contributed by atoms with Gasteiger partial charge in [0.2, 0.25) is 11.8 Å². The van der Waals surface area contributed by atoms with Gasteiger partial charge in [-0.2, -0.15) is 0 Å². The first-order chi connectivity index (χ1) is 10.1. The van der Waals surface area contributed by atoms with Gasteiger partial charge in [0.1, 0.15) is 6.04 Å². The van der Waals surface area contributed by atoms with E-state index >= 15 is 0 Å². The molecule has 0 aromatic heterocycles. The van der Waals surface area contributed by atoms with Gasteiger partial charge in [-0.15, -0.1) is 0 Å². The molecule has 1 aliphatic heterocycles. The quantitative estimate of drug-likeness (QED) is 0.784. The van der Waals surface area contributed by atoms with Crippen LogP contribution in [0.25, 0.3) is 0 Å². The average Bonchev–Trinajstić information content (AvgIpc) is 2.82. The van der Waals surface area contributed by atoms with E-state index in [0.717, 1.165) is 18.7 Å². The van der Waals surface area contributed by atoms with Gasteiger partial charge in [0.05, 0.1) is 0 Å². The summed E-state index contributed by atoms with van der Waals surface area (Å²) in [5.41, 5.74) is 0.816. The van der Waals surface area contributed by atoms with Crippen molar-refractivity contribution in [3.63, 3.8) is 0 Å². The molecule has 0 spiro atoms. The molecule has 0 saturated carbocycles. The van der Waals surface area contributed by atoms with Crippen LogP contribution in [0.15, 0.2) is 24.3 Å². The standard InChI is InChI=1S/C15H20ClN3O2/c1-17-9-2-3-14(20)18-13-8-10-19(15(13)21)12-6-4-11(16)5-7-12/h4-7,13,17H,2-3,8-10H2,1H3,(H,18,20). The van der Waals surface area contributed by atoms with Crippen LogP contribution >= 0.6 is 11.6 Å². The second kappa shape index (κ2) is 7.43. The Hall–Kier alpha value is -1.59. The van der Waals surface area contributed by atoms with Gasteiger partial charge < -0.3 is 15.5 Å². The Kier molecular flexibility index (Phi) is 5.59. The summed E-state index contributed by atoms with van der Waals surface area (Å²) in [6.07, 6.45) is 1.84. The SMILES string of the molecule is CNCCCC(=O)NC1CCN(c2ccc(Cl)cc2)C1=O. The maximum atomic E-state index is 12.3. The Bertz CT molecular complexity index is 504. The number of hydrogen-bond acceptors (Lipinski definition) is 3. The molecule has 0 radical (unpaired) electrons. The predicted molar refractivity (Wildman–Crippen MR) is 83.5 cm³/mol. The van der Waals surface area contributed by atoms with Crippen LogP contribution in [0.2, 0.25) is 5.02 Å². The van der Waals surface area contributed by atoms with Crippen LogP contribution in [0.5, 0.6) is 0 Å². The minimum absolute atomic E-state index is 0.0562. The smallest absolute Gasteiger partial charge is 0.249 e. The molecular formula is C15H20ClN3O2. The lowest BCUT2D eigenvalue weighted by Crippen LogP contribution is -2.41. The summed E-state index contributed by atoms with van der Waals surface area (Å²) in [5.74, 6) is -0.124. The highest BCUT2D eigenvalue weighted by atomic mass is 35.5. The van der Waals surface area contributed by atoms with Gasteiger partial charge in [0.15, 0.2) is 0 Å². The molecule has 21 heavy (non-hydrogen) atoms. The van der Waals surface area contributed by atoms with Crippen molar-refractivity contribution in [2.45, 2.75) is 25.3 Å². The van der Waals surface area contributed by atoms with E-state index in [0.29, 0.717) is 24.4 Å². The van der Waals surface area contributed by atoms with E-state index in [9.17, 15) is 9.59 Å². The summed E-state index contributed by atoms with van der Waals surface area (Å²) >= 11 is 5.85. The summed E-state index contributed by atoms with van der Waals surface area (Å²) in [6.45, 7) is 1.41. The minimum atomic E-state index is -0.414. The third kappa shape index (κ3) is 4.19. The minimum Gasteiger partial charge on any atom is -0.344 e. The third-order valence-electron chi connectivity index (χ3n) is 3.51. The van der Waals surface area contributed by atoms with Crippen molar-refractivity contribution in [3.05, 3.63) is 29.3 Å². The van der Waals surface area contributed by atoms with Crippen molar-refractivity contribution in [2.24, 2.45) is 0 Å². The maximum Gasteiger partial charge on any atom is 0.249 e. The van der Waals surface area contributed by atoms with Crippen molar-refractivity contribution < 1.29 is 9.59 Å². The Balaban J connectivity index is 1.89. The molecule has 1 heterocycles. The molecule has 2 amide bonds. The lowest BCUT2D eigenvalue weighted by atomic mass is 10.2. The average molecular weight is 310 g/mol. The number of hydrogen-bond donors (Lipinski definition) is 2. The van der Waals surface area contributed by atoms with Crippen molar-refractivity contribution >= 4 is 29.1 Å². The topological polar surface area (TPSA) is 61.4 Å². The number of anilines is 1. The summed E-state index contributed by atoms with van der Waals surface area (Å²) in [6, 6.07) is 6.74. The summed E-state index contributed by atoms with van der Waals surface area (Å²) in [4.78, 5) is 25.8. The molecular weight excluding hydrogens is 290 g/mol. The molecule has 1 aromatic carbocycles. The van der Waals surface area contributed by atoms with Crippen LogP contribution in [0.3, 0.4) is 0 Å². The Morgan fingerprint density at radius 3 is 2.76 bits per heavy atom. The highest BCUT2D eigenvalue weighted by Gasteiger charge is 2.33. The van der Waals surface area contributed by atoms with E-state index in [2.05, 4.69) is 10.6 Å². The Morgan fingerprint density at radius 2 is 2.10 bits per heavy atom. The van der Waals surface area contributed by atoms with Crippen molar-refractivity contribution in [2.75, 3.05) is 25.0 Å². The van der Waals surface area contributed by atoms with Crippen LogP contribution in [0.1, 0.15) is 19.3 Å². The molecule has 2 rings (SSSR count). The van der Waals surface area contributed by atoms with E-state index in [1.807, 2.05) is 19.2 Å². The van der Waals surface area contributed by atoms with Gasteiger partial charge in [-0.05, 0) is 50.7 Å². The molecule has 1 saturated heterocycles. The lowest BCUT2D eigenvalue weighted by molar-refractivity contribution is -0.126. The van der Waals surface area contributed by atoms with Crippen LogP contribution in [0.4, 0.5) is 5.69 Å². The number of rotatable bonds is 6. The first kappa shape index (κ1) is 15.8. The van der Waals surface area contributed by atoms with Gasteiger partial charge in [0, 0.05) is 23.7 Å². The largest absolute Gasteiger partial charge is 0.344 e. The van der Waals surface area contributed by atoms with Gasteiger partial charge in [-0.25, -0.2) is 0 Å². The second-order valence-corrected chi connectivity index (χ2v) is 5.52. The predicted octanol–water partition coefficient (Wildman–Crippen LogP) is 1.56. The number of halogens is 1. The zero-order valence-electron chi connectivity index (χ0n) is 12.1. The van der Waals surface area contributed by atoms with Gasteiger partial charge in [0.25, 0.3) is 0 Å². The molecule has 2 N–H and O–H groups in total. The number of benzene rings is 1. The molecule has 1 atom stereocenters. The molecule has 0 aliphatic carbocycles. The van der Waals surface area contributed by atoms with Gasteiger partial charge in [-0.1, -0.05) is 11.6 Å². The number of nitrogens with one attached hydrogen (secondary N) is 2. The number of amides is 2. The molecule has 1 fully saturated rings. The number of carbonyl (C=O) groups excluding carboxylic acids is 2. The highest BCUT2D eigenvalue weighted by Crippen LogP contribution is 2.23. The first-order valence-electron chi connectivity index (χ1n) is 7.12. The van der Waals surface area contributed by atoms with Crippen LogP contribution in [0, 0.1) is 0 Å². The molecule has 5 nitrogen and oxygen atoms in total. The molecule has 1 aromatic rings. The third-order valence-corrected chi connectivity index (χ3v) is 3.76. The van der Waals surface area contributed by atoms with E-state index in [1.165, 1.54) is 0 Å². The van der Waals surface area contributed by atoms with Crippen molar-refractivity contribution in [3.8, 4) is 0 Å². The second-order valence-electron chi connectivity index (χ2n) is 5.08. The van der Waals surface area contributed by atoms with Gasteiger partial charge in [-0.3, -0.25) is 9.59 Å². The van der Waals surface area contributed by atoms with Crippen LogP contribution in [-0.2, 0) is 9.59 Å². The Morgan fingerprint density at radius 1 is 1.38 bits per heavy atom. The normalized spacial score (nSPS) is 18.1. The summed E-state index contributed by atoms with van der Waals surface area (Å²) in [5, 5.41) is 6.45. The zero-order chi connectivity index (χ0) is 15.2. The Labute approximate surface area is 129 Å². The molecule has 1 unspecified atom stereocenters. The molecule has 0 bridgehead atoms. The molecule has 1 aliphatic rings. The van der Waals surface area contributed by atoms with E-state index in [1.54, 1.807) is 17.0 Å². The van der Waals surface area contributed by atoms with E-state index in [-0.39, 0.29) is 11.8 Å². The van der Waals surface area contributed by atoms with Crippen molar-refractivity contribution in [1.82, 2.24) is 10.6 Å². The van der Waals surface area contributed by atoms with E-state index in [4.69, 9.17) is 11.6 Å². The van der Waals surface area contributed by atoms with E-state index < -0.39 is 6.04 Å². The fourth-order valence-electron chi connectivity index (χ4n) is 2.38. The lowest BCUT2D eigenvalue weighted by Gasteiger charge is -2.17. The summed E-state index contributed by atoms with van der Waals surface area (Å²) in [7, 11) is 1.85. The number of nitrogens with zero attached hydrogens (tertiary/aromatic N) is 1. The van der Waals surface area contributed by atoms with Gasteiger partial charge >= 0.3 is 0 Å². The van der Waals surface area contributed by atoms with Crippen LogP contribution < -0.4 is 15.5 Å². The van der Waals surface area contributed by atoms with Crippen molar-refractivity contribution in [1.29, 1.82) is 0 Å². The maximum absolute atomic E-state index is 12.3. The monoisotopic (exact) mass is 309 g/mol. The number of carbonyl (C=O) groups is 2. The highest BCUT2D eigenvalue weighted by molar-refractivity contribution is 6.30.